The molecule has 0 heterocycles. The topological polar surface area (TPSA) is 32.3 Å². The van der Waals surface area contributed by atoms with Crippen molar-refractivity contribution in [2.24, 2.45) is 0 Å². The van der Waals surface area contributed by atoms with E-state index in [4.69, 9.17) is 5.11 Å². The fourth-order valence-electron chi connectivity index (χ4n) is 0.705. The average Bonchev–Trinajstić information content (AvgIpc) is 1.94. The Hall–Kier alpha value is -0.450. The molecule has 0 amide bonds. The number of halogens is 1. The molecule has 0 fully saturated rings. The lowest BCUT2D eigenvalue weighted by Gasteiger charge is -2.02. The Morgan fingerprint density at radius 1 is 1.50 bits per heavy atom. The first kappa shape index (κ1) is 7.65. The van der Waals surface area contributed by atoms with Crippen molar-refractivity contribution < 1.29 is 5.11 Å². The summed E-state index contributed by atoms with van der Waals surface area (Å²) in [5.74, 6) is 0.296. The highest BCUT2D eigenvalue weighted by Gasteiger charge is 1.96. The Morgan fingerprint density at radius 2 is 2.20 bits per heavy atom. The van der Waals surface area contributed by atoms with Crippen LogP contribution in [-0.4, -0.2) is 12.2 Å². The molecule has 0 aliphatic heterocycles. The van der Waals surface area contributed by atoms with Crippen molar-refractivity contribution in [2.75, 3.05) is 12.4 Å². The van der Waals surface area contributed by atoms with Crippen LogP contribution in [0.25, 0.3) is 0 Å². The van der Waals surface area contributed by atoms with Gasteiger partial charge in [-0.25, -0.2) is 0 Å². The first-order chi connectivity index (χ1) is 4.74. The Kier molecular flexibility index (Phi) is 2.37. The van der Waals surface area contributed by atoms with Gasteiger partial charge in [0.25, 0.3) is 0 Å². The van der Waals surface area contributed by atoms with Crippen LogP contribution in [0.5, 0.6) is 5.75 Å². The lowest BCUT2D eigenvalue weighted by molar-refractivity contribution is 0.475. The van der Waals surface area contributed by atoms with Gasteiger partial charge in [-0.1, -0.05) is 0 Å². The van der Waals surface area contributed by atoms with Gasteiger partial charge in [-0.2, -0.15) is 0 Å². The monoisotopic (exact) mass is 249 g/mol. The van der Waals surface area contributed by atoms with Crippen molar-refractivity contribution in [3.05, 3.63) is 21.8 Å². The van der Waals surface area contributed by atoms with Crippen molar-refractivity contribution in [1.29, 1.82) is 0 Å². The van der Waals surface area contributed by atoms with E-state index < -0.39 is 0 Å². The van der Waals surface area contributed by atoms with Crippen LogP contribution < -0.4 is 5.32 Å². The van der Waals surface area contributed by atoms with Crippen molar-refractivity contribution in [1.82, 2.24) is 0 Å². The summed E-state index contributed by atoms with van der Waals surface area (Å²) in [6.07, 6.45) is 0. The predicted octanol–water partition coefficient (Wildman–Crippen LogP) is 2.04. The molecule has 0 saturated carbocycles. The Bertz CT molecular complexity index is 237. The van der Waals surface area contributed by atoms with E-state index in [1.54, 1.807) is 12.1 Å². The summed E-state index contributed by atoms with van der Waals surface area (Å²) in [6.45, 7) is 0. The minimum Gasteiger partial charge on any atom is -0.508 e. The molecule has 0 aliphatic rings. The summed E-state index contributed by atoms with van der Waals surface area (Å²) in [5.41, 5.74) is 0.959. The van der Waals surface area contributed by atoms with Crippen LogP contribution in [0.3, 0.4) is 0 Å². The van der Waals surface area contributed by atoms with Gasteiger partial charge in [-0.05, 0) is 34.7 Å². The molecule has 3 heteroatoms. The molecule has 1 aromatic rings. The van der Waals surface area contributed by atoms with Crippen molar-refractivity contribution in [2.45, 2.75) is 0 Å². The van der Waals surface area contributed by atoms with Gasteiger partial charge >= 0.3 is 0 Å². The van der Waals surface area contributed by atoms with Gasteiger partial charge in [0, 0.05) is 16.7 Å². The quantitative estimate of drug-likeness (QED) is 0.746. The number of nitrogens with one attached hydrogen (secondary N) is 1. The van der Waals surface area contributed by atoms with Gasteiger partial charge in [0.1, 0.15) is 5.75 Å². The highest BCUT2D eigenvalue weighted by atomic mass is 127. The zero-order chi connectivity index (χ0) is 7.56. The number of hydrogen-bond donors (Lipinski definition) is 2. The summed E-state index contributed by atoms with van der Waals surface area (Å²) in [6, 6.07) is 5.23. The van der Waals surface area contributed by atoms with Crippen LogP contribution >= 0.6 is 22.6 Å². The van der Waals surface area contributed by atoms with E-state index in [1.165, 1.54) is 0 Å². The molecule has 2 N–H and O–H groups in total. The Morgan fingerprint density at radius 3 is 2.70 bits per heavy atom. The van der Waals surface area contributed by atoms with Crippen LogP contribution in [0.4, 0.5) is 5.69 Å². The number of phenolic OH excluding ortho intramolecular Hbond substituents is 1. The number of hydrogen-bond acceptors (Lipinski definition) is 2. The Labute approximate surface area is 73.4 Å². The van der Waals surface area contributed by atoms with E-state index in [9.17, 15) is 0 Å². The maximum atomic E-state index is 9.03. The van der Waals surface area contributed by atoms with Crippen LogP contribution in [-0.2, 0) is 0 Å². The number of aromatic hydroxyl groups is 1. The van der Waals surface area contributed by atoms with E-state index in [-0.39, 0.29) is 0 Å². The molecule has 0 unspecified atom stereocenters. The first-order valence-corrected chi connectivity index (χ1v) is 3.98. The van der Waals surface area contributed by atoms with E-state index in [2.05, 4.69) is 27.9 Å². The third-order valence-electron chi connectivity index (χ3n) is 1.22. The molecule has 10 heavy (non-hydrogen) atoms. The second-order valence-corrected chi connectivity index (χ2v) is 3.08. The summed E-state index contributed by atoms with van der Waals surface area (Å²) in [4.78, 5) is 0. The minimum atomic E-state index is 0.296. The van der Waals surface area contributed by atoms with Gasteiger partial charge in [-0.3, -0.25) is 0 Å². The van der Waals surface area contributed by atoms with Crippen LogP contribution in [0, 0.1) is 3.57 Å². The number of anilines is 1. The van der Waals surface area contributed by atoms with E-state index in [0.29, 0.717) is 5.75 Å². The minimum absolute atomic E-state index is 0.296. The highest BCUT2D eigenvalue weighted by molar-refractivity contribution is 14.1. The molecule has 2 nitrogen and oxygen atoms in total. The molecular weight excluding hydrogens is 241 g/mol. The molecule has 0 spiro atoms. The summed E-state index contributed by atoms with van der Waals surface area (Å²) in [5, 5.41) is 12.0. The first-order valence-electron chi connectivity index (χ1n) is 2.90. The van der Waals surface area contributed by atoms with E-state index >= 15 is 0 Å². The smallest absolute Gasteiger partial charge is 0.117 e. The van der Waals surface area contributed by atoms with Crippen molar-refractivity contribution in [3.63, 3.8) is 0 Å². The third-order valence-corrected chi connectivity index (χ3v) is 2.16. The lowest BCUT2D eigenvalue weighted by atomic mass is 10.3. The molecule has 54 valence electrons. The fourth-order valence-corrected chi connectivity index (χ4v) is 1.31. The van der Waals surface area contributed by atoms with E-state index in [1.807, 2.05) is 13.1 Å². The van der Waals surface area contributed by atoms with Gasteiger partial charge < -0.3 is 10.4 Å². The Balaban J connectivity index is 3.09. The van der Waals surface area contributed by atoms with Crippen LogP contribution in [0.1, 0.15) is 0 Å². The lowest BCUT2D eigenvalue weighted by Crippen LogP contribution is -1.89. The molecule has 0 bridgehead atoms. The highest BCUT2D eigenvalue weighted by Crippen LogP contribution is 2.22. The van der Waals surface area contributed by atoms with Crippen LogP contribution in [0.15, 0.2) is 18.2 Å². The van der Waals surface area contributed by atoms with Crippen LogP contribution in [0.2, 0.25) is 0 Å². The largest absolute Gasteiger partial charge is 0.508 e. The van der Waals surface area contributed by atoms with Gasteiger partial charge in [0.15, 0.2) is 0 Å². The summed E-state index contributed by atoms with van der Waals surface area (Å²) >= 11 is 2.20. The summed E-state index contributed by atoms with van der Waals surface area (Å²) < 4.78 is 1.11. The number of benzene rings is 1. The molecule has 0 atom stereocenters. The third kappa shape index (κ3) is 1.53. The molecule has 0 radical (unpaired) electrons. The van der Waals surface area contributed by atoms with Gasteiger partial charge in [-0.15, -0.1) is 0 Å². The van der Waals surface area contributed by atoms with Gasteiger partial charge in [0.2, 0.25) is 0 Å². The fraction of sp³-hybridized carbons (Fsp3) is 0.143. The maximum Gasteiger partial charge on any atom is 0.117 e. The second kappa shape index (κ2) is 3.09. The molecule has 0 saturated heterocycles. The zero-order valence-electron chi connectivity index (χ0n) is 5.56. The summed E-state index contributed by atoms with van der Waals surface area (Å²) in [7, 11) is 1.83. The number of rotatable bonds is 1. The average molecular weight is 249 g/mol. The molecule has 0 aliphatic carbocycles. The molecule has 1 aromatic carbocycles. The number of phenols is 1. The molecule has 1 rings (SSSR count). The standard InChI is InChI=1S/C7H8INO/c1-9-7-4-5(10)2-3-6(7)8/h2-4,9-10H,1H3. The van der Waals surface area contributed by atoms with Gasteiger partial charge in [0.05, 0.1) is 5.69 Å². The van der Waals surface area contributed by atoms with Crippen molar-refractivity contribution >= 4 is 28.3 Å². The predicted molar refractivity (Wildman–Crippen MR) is 50.4 cm³/mol. The van der Waals surface area contributed by atoms with Crippen molar-refractivity contribution in [3.8, 4) is 5.75 Å². The SMILES string of the molecule is CNc1cc(O)ccc1I. The normalized spacial score (nSPS) is 9.40. The zero-order valence-corrected chi connectivity index (χ0v) is 7.71. The van der Waals surface area contributed by atoms with E-state index in [0.717, 1.165) is 9.26 Å². The molecular formula is C7H8INO. The molecule has 0 aromatic heterocycles. The second-order valence-electron chi connectivity index (χ2n) is 1.91. The maximum absolute atomic E-state index is 9.03.